The maximum absolute atomic E-state index is 15.0. The number of benzene rings is 2. The van der Waals surface area contributed by atoms with Gasteiger partial charge in [-0.3, -0.25) is 14.8 Å². The first-order valence-corrected chi connectivity index (χ1v) is 11.2. The zero-order valence-corrected chi connectivity index (χ0v) is 19.0. The Morgan fingerprint density at radius 3 is 2.54 bits per heavy atom. The van der Waals surface area contributed by atoms with Crippen molar-refractivity contribution in [3.8, 4) is 0 Å². The number of aliphatic hydroxyl groups excluding tert-OH is 2. The van der Waals surface area contributed by atoms with Crippen molar-refractivity contribution in [2.24, 2.45) is 4.99 Å². The summed E-state index contributed by atoms with van der Waals surface area (Å²) in [5, 5.41) is 22.8. The molecule has 1 unspecified atom stereocenters. The molecule has 1 aromatic heterocycles. The van der Waals surface area contributed by atoms with Crippen molar-refractivity contribution in [2.45, 2.75) is 25.0 Å². The summed E-state index contributed by atoms with van der Waals surface area (Å²) in [5.74, 6) is -2.04. The smallest absolute Gasteiger partial charge is 0.252 e. The average molecular weight is 478 g/mol. The van der Waals surface area contributed by atoms with E-state index in [9.17, 15) is 23.8 Å². The van der Waals surface area contributed by atoms with Crippen LogP contribution in [0.3, 0.4) is 0 Å². The number of hydrogen-bond acceptors (Lipinski definition) is 5. The number of rotatable bonds is 8. The highest BCUT2D eigenvalue weighted by Gasteiger charge is 2.30. The molecule has 6 nitrogen and oxygen atoms in total. The normalized spacial score (nSPS) is 15.7. The summed E-state index contributed by atoms with van der Waals surface area (Å²) in [7, 11) is 0. The number of allylic oxidation sites excluding steroid dienone is 1. The van der Waals surface area contributed by atoms with Gasteiger partial charge in [-0.1, -0.05) is 31.2 Å². The highest BCUT2D eigenvalue weighted by Crippen LogP contribution is 2.26. The van der Waals surface area contributed by atoms with Crippen LogP contribution in [-0.4, -0.2) is 52.1 Å². The van der Waals surface area contributed by atoms with E-state index in [1.807, 2.05) is 0 Å². The summed E-state index contributed by atoms with van der Waals surface area (Å²) in [5.41, 5.74) is 2.52. The van der Waals surface area contributed by atoms with Gasteiger partial charge in [0.1, 0.15) is 11.6 Å². The molecule has 3 N–H and O–H groups in total. The lowest BCUT2D eigenvalue weighted by Crippen LogP contribution is -2.48. The zero-order chi connectivity index (χ0) is 24.9. The number of pyridine rings is 1. The summed E-state index contributed by atoms with van der Waals surface area (Å²) in [6.45, 7) is 1.46. The van der Waals surface area contributed by atoms with Gasteiger partial charge in [0.15, 0.2) is 0 Å². The minimum Gasteiger partial charge on any atom is -0.394 e. The highest BCUT2D eigenvalue weighted by molar-refractivity contribution is 6.19. The fourth-order valence-electron chi connectivity index (χ4n) is 4.12. The van der Waals surface area contributed by atoms with E-state index in [-0.39, 0.29) is 23.5 Å². The molecule has 4 rings (SSSR count). The van der Waals surface area contributed by atoms with E-state index in [1.54, 1.807) is 49.5 Å². The van der Waals surface area contributed by atoms with E-state index in [0.717, 1.165) is 11.1 Å². The number of amides is 1. The molecule has 35 heavy (non-hydrogen) atoms. The standard InChI is InChI=1S/C27H25F2N3O3/c1-16(22-7-2-3-12-30-22)26(24(34)15-33)32-27(35)20-5-4-6-21(29)25(20)23-13-18(14-31-23)17-8-10-19(28)11-9-17/h2-13,16,24,26,33-34H,14-15H2,1H3,(H,32,35)/t16?,24-,26+/m0/s1. The molecule has 1 amide bonds. The van der Waals surface area contributed by atoms with Crippen molar-refractivity contribution >= 4 is 17.2 Å². The second kappa shape index (κ2) is 10.7. The van der Waals surface area contributed by atoms with E-state index in [2.05, 4.69) is 15.3 Å². The molecule has 2 heterocycles. The van der Waals surface area contributed by atoms with Crippen LogP contribution in [0.2, 0.25) is 0 Å². The molecule has 180 valence electrons. The number of aromatic nitrogens is 1. The Hall–Kier alpha value is -3.75. The van der Waals surface area contributed by atoms with Gasteiger partial charge in [-0.25, -0.2) is 8.78 Å². The van der Waals surface area contributed by atoms with Crippen molar-refractivity contribution in [1.29, 1.82) is 0 Å². The van der Waals surface area contributed by atoms with Crippen molar-refractivity contribution in [3.05, 3.63) is 107 Å². The van der Waals surface area contributed by atoms with Crippen molar-refractivity contribution in [1.82, 2.24) is 10.3 Å². The van der Waals surface area contributed by atoms with Crippen LogP contribution in [0, 0.1) is 11.6 Å². The third-order valence-electron chi connectivity index (χ3n) is 6.05. The third kappa shape index (κ3) is 5.34. The molecule has 0 saturated heterocycles. The highest BCUT2D eigenvalue weighted by atomic mass is 19.1. The number of carbonyl (C=O) groups is 1. The molecular formula is C27H25F2N3O3. The molecule has 1 aliphatic heterocycles. The molecule has 8 heteroatoms. The summed E-state index contributed by atoms with van der Waals surface area (Å²) < 4.78 is 28.3. The third-order valence-corrected chi connectivity index (χ3v) is 6.05. The first kappa shape index (κ1) is 24.4. The number of hydrogen-bond donors (Lipinski definition) is 3. The number of aliphatic hydroxyl groups is 2. The largest absolute Gasteiger partial charge is 0.394 e. The average Bonchev–Trinajstić information content (AvgIpc) is 3.36. The van der Waals surface area contributed by atoms with Crippen LogP contribution in [0.1, 0.15) is 40.0 Å². The van der Waals surface area contributed by atoms with Gasteiger partial charge >= 0.3 is 0 Å². The van der Waals surface area contributed by atoms with Gasteiger partial charge in [0, 0.05) is 23.4 Å². The van der Waals surface area contributed by atoms with Crippen LogP contribution in [0.25, 0.3) is 5.57 Å². The SMILES string of the molecule is CC(c1ccccn1)[C@@H](NC(=O)c1cccc(F)c1C1=NCC(c2ccc(F)cc2)=C1)[C@@H](O)CO. The molecule has 0 saturated carbocycles. The monoisotopic (exact) mass is 477 g/mol. The fraction of sp³-hybridized carbons (Fsp3) is 0.222. The minimum atomic E-state index is -1.26. The Morgan fingerprint density at radius 2 is 1.86 bits per heavy atom. The molecule has 2 aromatic carbocycles. The van der Waals surface area contributed by atoms with Gasteiger partial charge in [-0.05, 0) is 53.6 Å². The van der Waals surface area contributed by atoms with E-state index in [1.165, 1.54) is 30.3 Å². The van der Waals surface area contributed by atoms with Gasteiger partial charge in [-0.2, -0.15) is 0 Å². The van der Waals surface area contributed by atoms with E-state index in [0.29, 0.717) is 11.4 Å². The summed E-state index contributed by atoms with van der Waals surface area (Å²) >= 11 is 0. The first-order valence-electron chi connectivity index (χ1n) is 11.2. The van der Waals surface area contributed by atoms with Gasteiger partial charge in [-0.15, -0.1) is 0 Å². The Kier molecular flexibility index (Phi) is 7.43. The minimum absolute atomic E-state index is 0.0323. The molecule has 0 radical (unpaired) electrons. The van der Waals surface area contributed by atoms with Crippen molar-refractivity contribution in [2.75, 3.05) is 13.2 Å². The number of aliphatic imine (C=N–C) groups is 1. The van der Waals surface area contributed by atoms with Crippen LogP contribution >= 0.6 is 0 Å². The molecule has 0 bridgehead atoms. The van der Waals surface area contributed by atoms with E-state index < -0.39 is 36.4 Å². The van der Waals surface area contributed by atoms with E-state index in [4.69, 9.17) is 0 Å². The number of nitrogens with zero attached hydrogens (tertiary/aromatic N) is 2. The Balaban J connectivity index is 1.63. The predicted molar refractivity (Wildman–Crippen MR) is 129 cm³/mol. The molecule has 3 atom stereocenters. The Morgan fingerprint density at radius 1 is 1.09 bits per heavy atom. The quantitative estimate of drug-likeness (QED) is 0.463. The fourth-order valence-corrected chi connectivity index (χ4v) is 4.12. The zero-order valence-electron chi connectivity index (χ0n) is 19.0. The lowest BCUT2D eigenvalue weighted by molar-refractivity contribution is 0.0504. The Labute approximate surface area is 201 Å². The number of nitrogens with one attached hydrogen (secondary N) is 1. The van der Waals surface area contributed by atoms with Crippen LogP contribution < -0.4 is 5.32 Å². The maximum Gasteiger partial charge on any atom is 0.252 e. The molecule has 0 fully saturated rings. The molecule has 0 spiro atoms. The first-order chi connectivity index (χ1) is 16.9. The van der Waals surface area contributed by atoms with Crippen LogP contribution in [0.5, 0.6) is 0 Å². The second-order valence-corrected chi connectivity index (χ2v) is 8.33. The molecule has 1 aliphatic rings. The molecule has 3 aromatic rings. The second-order valence-electron chi connectivity index (χ2n) is 8.33. The molecule has 0 aliphatic carbocycles. The summed E-state index contributed by atoms with van der Waals surface area (Å²) in [6, 6.07) is 14.5. The lowest BCUT2D eigenvalue weighted by atomic mass is 9.92. The van der Waals surface area contributed by atoms with Gasteiger partial charge in [0.05, 0.1) is 36.6 Å². The van der Waals surface area contributed by atoms with Gasteiger partial charge in [0.25, 0.3) is 5.91 Å². The van der Waals surface area contributed by atoms with Crippen molar-refractivity contribution in [3.63, 3.8) is 0 Å². The van der Waals surface area contributed by atoms with Crippen LogP contribution in [0.4, 0.5) is 8.78 Å². The van der Waals surface area contributed by atoms with E-state index >= 15 is 0 Å². The number of halogens is 2. The molecular weight excluding hydrogens is 452 g/mol. The van der Waals surface area contributed by atoms with Gasteiger partial charge in [0.2, 0.25) is 0 Å². The predicted octanol–water partition coefficient (Wildman–Crippen LogP) is 3.50. The number of carbonyl (C=O) groups excluding carboxylic acids is 1. The van der Waals surface area contributed by atoms with Crippen LogP contribution in [-0.2, 0) is 0 Å². The summed E-state index contributed by atoms with van der Waals surface area (Å²) in [6.07, 6.45) is 2.02. The topological polar surface area (TPSA) is 94.8 Å². The lowest BCUT2D eigenvalue weighted by Gasteiger charge is -2.28. The maximum atomic E-state index is 15.0. The van der Waals surface area contributed by atoms with Crippen molar-refractivity contribution < 1.29 is 23.8 Å². The Bertz CT molecular complexity index is 1260. The summed E-state index contributed by atoms with van der Waals surface area (Å²) in [4.78, 5) is 22.0. The van der Waals surface area contributed by atoms with Gasteiger partial charge < -0.3 is 15.5 Å². The van der Waals surface area contributed by atoms with Crippen LogP contribution in [0.15, 0.2) is 77.9 Å².